The van der Waals surface area contributed by atoms with Crippen molar-refractivity contribution < 1.29 is 42.9 Å². The van der Waals surface area contributed by atoms with Crippen LogP contribution in [0.2, 0.25) is 0 Å². The summed E-state index contributed by atoms with van der Waals surface area (Å²) in [5, 5.41) is 21.8. The fraction of sp³-hybridized carbons (Fsp3) is 0.741. The molecule has 200 valence electrons. The SMILES string of the molecule is CC(C)C(C)OC(=O)O[C@]1(C(=O)O)[C@H](C)C[C@H]2[C@@H]3CC(F)=C4CC(=O)C=C[C@]4(C)[C@@]3(F)[C@@H](O)C[C@@]21C. The molecule has 0 aromatic carbocycles. The number of ether oxygens (including phenoxy) is 2. The predicted octanol–water partition coefficient (Wildman–Crippen LogP) is 4.92. The van der Waals surface area contributed by atoms with E-state index in [1.54, 1.807) is 20.8 Å². The Morgan fingerprint density at radius 1 is 1.19 bits per heavy atom. The van der Waals surface area contributed by atoms with Crippen molar-refractivity contribution in [2.75, 3.05) is 0 Å². The van der Waals surface area contributed by atoms with E-state index in [0.717, 1.165) is 0 Å². The number of hydrogen-bond acceptors (Lipinski definition) is 6. The lowest BCUT2D eigenvalue weighted by molar-refractivity contribution is -0.227. The van der Waals surface area contributed by atoms with Crippen molar-refractivity contribution >= 4 is 17.9 Å². The van der Waals surface area contributed by atoms with E-state index < -0.39 is 70.0 Å². The number of carbonyl (C=O) groups excluding carboxylic acids is 2. The van der Waals surface area contributed by atoms with Crippen LogP contribution >= 0.6 is 0 Å². The predicted molar refractivity (Wildman–Crippen MR) is 125 cm³/mol. The topological polar surface area (TPSA) is 110 Å². The van der Waals surface area contributed by atoms with Gasteiger partial charge in [-0.25, -0.2) is 18.4 Å². The van der Waals surface area contributed by atoms with Crippen LogP contribution in [0.4, 0.5) is 13.6 Å². The molecule has 0 saturated heterocycles. The standard InChI is InChI=1S/C27H36F2O7/c1-13(2)15(4)35-23(34)36-27(22(32)33)14(3)9-17-18-11-20(28)19-10-16(30)7-8-24(19,5)26(18,29)21(31)12-25(17,27)6/h7-8,13-15,17-18,21,31H,9-12H2,1-6H3,(H,32,33)/t14-,15?,17+,18+,21+,24+,25+,26+,27+/m1/s1. The van der Waals surface area contributed by atoms with Gasteiger partial charge in [0, 0.05) is 35.5 Å². The van der Waals surface area contributed by atoms with E-state index >= 15 is 8.78 Å². The van der Waals surface area contributed by atoms with Crippen LogP contribution in [0.25, 0.3) is 0 Å². The van der Waals surface area contributed by atoms with Crippen LogP contribution in [0.3, 0.4) is 0 Å². The molecule has 2 fully saturated rings. The number of aliphatic carboxylic acids is 1. The number of carboxylic acids is 1. The quantitative estimate of drug-likeness (QED) is 0.517. The van der Waals surface area contributed by atoms with Gasteiger partial charge in [0.15, 0.2) is 11.5 Å². The minimum atomic E-state index is -2.33. The van der Waals surface area contributed by atoms with E-state index in [9.17, 15) is 24.6 Å². The van der Waals surface area contributed by atoms with Gasteiger partial charge in [0.1, 0.15) is 11.9 Å². The average Bonchev–Trinajstić information content (AvgIpc) is 2.99. The van der Waals surface area contributed by atoms with E-state index in [-0.39, 0.29) is 43.0 Å². The van der Waals surface area contributed by atoms with Gasteiger partial charge in [-0.1, -0.05) is 33.8 Å². The number of carboxylic acid groups (broad SMARTS) is 1. The maximum Gasteiger partial charge on any atom is 0.509 e. The molecule has 1 unspecified atom stereocenters. The number of halogens is 2. The number of rotatable bonds is 4. The van der Waals surface area contributed by atoms with Gasteiger partial charge < -0.3 is 19.7 Å². The van der Waals surface area contributed by atoms with E-state index in [1.165, 1.54) is 19.1 Å². The van der Waals surface area contributed by atoms with Gasteiger partial charge in [-0.2, -0.15) is 0 Å². The number of allylic oxidation sites excluding steroid dienone is 4. The summed E-state index contributed by atoms with van der Waals surface area (Å²) in [7, 11) is 0. The molecule has 0 heterocycles. The number of carbonyl (C=O) groups is 3. The fourth-order valence-corrected chi connectivity index (χ4v) is 7.66. The van der Waals surface area contributed by atoms with Crippen molar-refractivity contribution in [3.8, 4) is 0 Å². The summed E-state index contributed by atoms with van der Waals surface area (Å²) in [5.74, 6) is -4.94. The van der Waals surface area contributed by atoms with Crippen LogP contribution in [0.1, 0.15) is 67.2 Å². The van der Waals surface area contributed by atoms with Crippen LogP contribution in [0.5, 0.6) is 0 Å². The molecule has 9 atom stereocenters. The Balaban J connectivity index is 1.80. The van der Waals surface area contributed by atoms with E-state index in [0.29, 0.717) is 0 Å². The van der Waals surface area contributed by atoms with Crippen molar-refractivity contribution in [1.29, 1.82) is 0 Å². The number of hydrogen-bond donors (Lipinski definition) is 2. The molecule has 9 heteroatoms. The van der Waals surface area contributed by atoms with Gasteiger partial charge >= 0.3 is 12.1 Å². The molecule has 4 aliphatic rings. The summed E-state index contributed by atoms with van der Waals surface area (Å²) >= 11 is 0. The molecule has 4 aliphatic carbocycles. The first-order valence-corrected chi connectivity index (χ1v) is 12.7. The van der Waals surface area contributed by atoms with Crippen molar-refractivity contribution in [2.45, 2.75) is 90.7 Å². The molecular weight excluding hydrogens is 474 g/mol. The minimum absolute atomic E-state index is 0.0336. The lowest BCUT2D eigenvalue weighted by Gasteiger charge is -2.61. The smallest absolute Gasteiger partial charge is 0.478 e. The highest BCUT2D eigenvalue weighted by Crippen LogP contribution is 2.71. The Bertz CT molecular complexity index is 1050. The lowest BCUT2D eigenvalue weighted by atomic mass is 9.45. The third-order valence-electron chi connectivity index (χ3n) is 9.98. The third kappa shape index (κ3) is 3.26. The number of ketones is 1. The fourth-order valence-electron chi connectivity index (χ4n) is 7.66. The summed E-state index contributed by atoms with van der Waals surface area (Å²) in [6, 6.07) is 0. The maximum atomic E-state index is 17.2. The summed E-state index contributed by atoms with van der Waals surface area (Å²) in [6.07, 6.45) is -1.58. The Kier molecular flexibility index (Phi) is 6.22. The summed E-state index contributed by atoms with van der Waals surface area (Å²) < 4.78 is 43.7. The van der Waals surface area contributed by atoms with Crippen LogP contribution in [-0.2, 0) is 19.1 Å². The van der Waals surface area contributed by atoms with Gasteiger partial charge in [0.25, 0.3) is 0 Å². The zero-order chi connectivity index (χ0) is 27.0. The molecule has 0 bridgehead atoms. The first-order valence-electron chi connectivity index (χ1n) is 12.7. The molecule has 0 aromatic rings. The maximum absolute atomic E-state index is 17.2. The minimum Gasteiger partial charge on any atom is -0.478 e. The second kappa shape index (κ2) is 8.36. The molecule has 0 amide bonds. The number of fused-ring (bicyclic) bond motifs is 5. The monoisotopic (exact) mass is 510 g/mol. The summed E-state index contributed by atoms with van der Waals surface area (Å²) in [6.45, 7) is 10.0. The molecule has 0 aromatic heterocycles. The van der Waals surface area contributed by atoms with Gasteiger partial charge in [-0.3, -0.25) is 4.79 Å². The zero-order valence-electron chi connectivity index (χ0n) is 21.6. The highest BCUT2D eigenvalue weighted by molar-refractivity contribution is 5.93. The molecule has 36 heavy (non-hydrogen) atoms. The molecule has 2 N–H and O–H groups in total. The van der Waals surface area contributed by atoms with Gasteiger partial charge in [0.05, 0.1) is 6.10 Å². The van der Waals surface area contributed by atoms with Gasteiger partial charge in [-0.15, -0.1) is 0 Å². The van der Waals surface area contributed by atoms with Crippen LogP contribution in [0.15, 0.2) is 23.6 Å². The molecule has 0 aliphatic heterocycles. The molecule has 2 saturated carbocycles. The van der Waals surface area contributed by atoms with E-state index in [1.807, 2.05) is 13.8 Å². The van der Waals surface area contributed by atoms with E-state index in [4.69, 9.17) is 9.47 Å². The Labute approximate surface area is 209 Å². The van der Waals surface area contributed by atoms with Gasteiger partial charge in [0.2, 0.25) is 5.60 Å². The second-order valence-electron chi connectivity index (χ2n) is 12.0. The summed E-state index contributed by atoms with van der Waals surface area (Å²) in [5.41, 5.74) is -7.36. The zero-order valence-corrected chi connectivity index (χ0v) is 21.6. The van der Waals surface area contributed by atoms with Crippen molar-refractivity contribution in [3.63, 3.8) is 0 Å². The molecule has 0 radical (unpaired) electrons. The highest BCUT2D eigenvalue weighted by atomic mass is 19.1. The first-order chi connectivity index (χ1) is 16.6. The molecular formula is C27H36F2O7. The second-order valence-corrected chi connectivity index (χ2v) is 12.0. The van der Waals surface area contributed by atoms with Crippen LogP contribution in [0, 0.1) is 34.5 Å². The lowest BCUT2D eigenvalue weighted by Crippen LogP contribution is -2.69. The first kappa shape index (κ1) is 26.8. The molecule has 7 nitrogen and oxygen atoms in total. The normalized spacial score (nSPS) is 44.6. The number of aliphatic hydroxyl groups is 1. The number of alkyl halides is 1. The number of aliphatic hydroxyl groups excluding tert-OH is 1. The van der Waals surface area contributed by atoms with Crippen molar-refractivity contribution in [1.82, 2.24) is 0 Å². The van der Waals surface area contributed by atoms with Crippen LogP contribution < -0.4 is 0 Å². The average molecular weight is 511 g/mol. The molecule has 4 rings (SSSR count). The van der Waals surface area contributed by atoms with E-state index in [2.05, 4.69) is 0 Å². The third-order valence-corrected chi connectivity index (χ3v) is 9.98. The Hall–Kier alpha value is -2.29. The van der Waals surface area contributed by atoms with Crippen molar-refractivity contribution in [2.24, 2.45) is 34.5 Å². The molecule has 0 spiro atoms. The Morgan fingerprint density at radius 2 is 1.83 bits per heavy atom. The Morgan fingerprint density at radius 3 is 2.42 bits per heavy atom. The van der Waals surface area contributed by atoms with Crippen molar-refractivity contribution in [3.05, 3.63) is 23.6 Å². The highest BCUT2D eigenvalue weighted by Gasteiger charge is 2.78. The van der Waals surface area contributed by atoms with Gasteiger partial charge in [-0.05, 0) is 50.2 Å². The largest absolute Gasteiger partial charge is 0.509 e. The summed E-state index contributed by atoms with van der Waals surface area (Å²) in [4.78, 5) is 37.6. The van der Waals surface area contributed by atoms with Crippen LogP contribution in [-0.4, -0.2) is 51.6 Å².